The van der Waals surface area contributed by atoms with Crippen molar-refractivity contribution in [3.63, 3.8) is 0 Å². The fourth-order valence-electron chi connectivity index (χ4n) is 2.98. The van der Waals surface area contributed by atoms with Gasteiger partial charge >= 0.3 is 0 Å². The van der Waals surface area contributed by atoms with Gasteiger partial charge in [0.25, 0.3) is 0 Å². The van der Waals surface area contributed by atoms with Gasteiger partial charge in [-0.25, -0.2) is 9.97 Å². The Morgan fingerprint density at radius 2 is 2.11 bits per heavy atom. The van der Waals surface area contributed by atoms with Crippen molar-refractivity contribution in [1.82, 2.24) is 9.97 Å². The molecule has 0 bridgehead atoms. The number of rotatable bonds is 5. The summed E-state index contributed by atoms with van der Waals surface area (Å²) in [4.78, 5) is 11.5. The summed E-state index contributed by atoms with van der Waals surface area (Å²) in [6.07, 6.45) is 10.3. The highest BCUT2D eigenvalue weighted by Crippen LogP contribution is 2.34. The molecule has 1 heterocycles. The number of aryl methyl sites for hydroxylation is 1. The van der Waals surface area contributed by atoms with E-state index in [0.717, 1.165) is 31.7 Å². The first-order chi connectivity index (χ1) is 8.90. The molecule has 2 aliphatic carbocycles. The molecule has 0 N–H and O–H groups in total. The van der Waals surface area contributed by atoms with Crippen LogP contribution in [0.3, 0.4) is 0 Å². The molecular weight excluding hydrogens is 246 g/mol. The maximum atomic E-state index is 5.86. The molecule has 1 aromatic rings. The Labute approximate surface area is 114 Å². The molecule has 0 unspecified atom stereocenters. The molecular formula is C14H20ClN3. The molecule has 0 saturated heterocycles. The van der Waals surface area contributed by atoms with E-state index in [4.69, 9.17) is 11.6 Å². The number of nitrogens with zero attached hydrogens (tertiary/aromatic N) is 3. The van der Waals surface area contributed by atoms with Gasteiger partial charge in [0.15, 0.2) is 0 Å². The van der Waals surface area contributed by atoms with Crippen molar-refractivity contribution >= 4 is 17.4 Å². The average Bonchev–Trinajstić information content (AvgIpc) is 2.80. The van der Waals surface area contributed by atoms with Gasteiger partial charge in [0.2, 0.25) is 0 Å². The van der Waals surface area contributed by atoms with Gasteiger partial charge in [-0.05, 0) is 44.9 Å². The summed E-state index contributed by atoms with van der Waals surface area (Å²) in [6.45, 7) is 1.04. The summed E-state index contributed by atoms with van der Waals surface area (Å²) in [7, 11) is 0. The molecule has 0 spiro atoms. The van der Waals surface area contributed by atoms with Gasteiger partial charge in [0.05, 0.1) is 0 Å². The highest BCUT2D eigenvalue weighted by atomic mass is 35.5. The molecule has 4 heteroatoms. The summed E-state index contributed by atoms with van der Waals surface area (Å²) < 4.78 is 0. The largest absolute Gasteiger partial charge is 0.353 e. The topological polar surface area (TPSA) is 29.0 Å². The Balaban J connectivity index is 1.86. The van der Waals surface area contributed by atoms with Crippen molar-refractivity contribution in [1.29, 1.82) is 0 Å². The van der Waals surface area contributed by atoms with Gasteiger partial charge < -0.3 is 4.90 Å². The summed E-state index contributed by atoms with van der Waals surface area (Å²) in [5.74, 6) is 1.93. The van der Waals surface area contributed by atoms with Crippen molar-refractivity contribution < 1.29 is 0 Å². The zero-order chi connectivity index (χ0) is 12.4. The third-order valence-corrected chi connectivity index (χ3v) is 4.44. The van der Waals surface area contributed by atoms with Crippen LogP contribution in [0.4, 0.5) is 5.82 Å². The molecule has 3 nitrogen and oxygen atoms in total. The third-order valence-electron chi connectivity index (χ3n) is 4.17. The van der Waals surface area contributed by atoms with Crippen LogP contribution in [0.15, 0.2) is 6.33 Å². The number of alkyl halides is 1. The normalized spacial score (nSPS) is 18.5. The van der Waals surface area contributed by atoms with Crippen molar-refractivity contribution in [2.24, 2.45) is 0 Å². The van der Waals surface area contributed by atoms with Crippen LogP contribution in [0.2, 0.25) is 0 Å². The molecule has 2 aliphatic rings. The summed E-state index contributed by atoms with van der Waals surface area (Å²) >= 11 is 5.86. The van der Waals surface area contributed by atoms with Crippen LogP contribution in [-0.4, -0.2) is 28.4 Å². The van der Waals surface area contributed by atoms with Crippen LogP contribution < -0.4 is 4.90 Å². The highest BCUT2D eigenvalue weighted by molar-refractivity contribution is 6.17. The minimum absolute atomic E-state index is 0.688. The molecule has 0 radical (unpaired) electrons. The van der Waals surface area contributed by atoms with Crippen molar-refractivity contribution in [2.45, 2.75) is 51.0 Å². The van der Waals surface area contributed by atoms with Crippen molar-refractivity contribution in [3.05, 3.63) is 17.6 Å². The van der Waals surface area contributed by atoms with E-state index in [0.29, 0.717) is 6.04 Å². The number of hydrogen-bond acceptors (Lipinski definition) is 3. The highest BCUT2D eigenvalue weighted by Gasteiger charge is 2.29. The number of fused-ring (bicyclic) bond motifs is 1. The molecule has 0 aromatic carbocycles. The number of anilines is 1. The molecule has 0 aliphatic heterocycles. The Morgan fingerprint density at radius 1 is 1.22 bits per heavy atom. The van der Waals surface area contributed by atoms with Gasteiger partial charge in [0.1, 0.15) is 12.1 Å². The lowest BCUT2D eigenvalue weighted by Crippen LogP contribution is -2.42. The van der Waals surface area contributed by atoms with Crippen LogP contribution in [0.1, 0.15) is 43.4 Å². The molecule has 1 fully saturated rings. The van der Waals surface area contributed by atoms with E-state index in [-0.39, 0.29) is 0 Å². The van der Waals surface area contributed by atoms with E-state index in [2.05, 4.69) is 14.9 Å². The molecule has 3 rings (SSSR count). The smallest absolute Gasteiger partial charge is 0.135 e. The minimum Gasteiger partial charge on any atom is -0.353 e. The third kappa shape index (κ3) is 2.20. The van der Waals surface area contributed by atoms with Crippen LogP contribution in [-0.2, 0) is 12.8 Å². The predicted molar refractivity (Wildman–Crippen MR) is 74.4 cm³/mol. The quantitative estimate of drug-likeness (QED) is 0.767. The number of aromatic nitrogens is 2. The first-order valence-corrected chi connectivity index (χ1v) is 7.59. The van der Waals surface area contributed by atoms with Crippen molar-refractivity contribution in [3.8, 4) is 0 Å². The Hall–Kier alpha value is -0.830. The maximum absolute atomic E-state index is 5.86. The standard InChI is InChI=1S/C14H20ClN3/c15-8-3-9-18(11-4-1-5-11)14-12-6-2-7-13(12)16-10-17-14/h10-11H,1-9H2. The van der Waals surface area contributed by atoms with Gasteiger partial charge in [0, 0.05) is 29.7 Å². The molecule has 18 heavy (non-hydrogen) atoms. The van der Waals surface area contributed by atoms with Crippen LogP contribution in [0, 0.1) is 0 Å². The van der Waals surface area contributed by atoms with E-state index >= 15 is 0 Å². The van der Waals surface area contributed by atoms with Crippen LogP contribution >= 0.6 is 11.6 Å². The fourth-order valence-corrected chi connectivity index (χ4v) is 3.10. The average molecular weight is 266 g/mol. The lowest BCUT2D eigenvalue weighted by atomic mass is 9.91. The summed E-state index contributed by atoms with van der Waals surface area (Å²) in [5, 5.41) is 0. The van der Waals surface area contributed by atoms with E-state index in [1.165, 1.54) is 42.8 Å². The van der Waals surface area contributed by atoms with Gasteiger partial charge in [-0.15, -0.1) is 11.6 Å². The van der Waals surface area contributed by atoms with E-state index < -0.39 is 0 Å². The molecule has 0 atom stereocenters. The zero-order valence-corrected chi connectivity index (χ0v) is 11.5. The predicted octanol–water partition coefficient (Wildman–Crippen LogP) is 2.95. The first kappa shape index (κ1) is 12.2. The summed E-state index contributed by atoms with van der Waals surface area (Å²) in [5.41, 5.74) is 2.68. The Morgan fingerprint density at radius 3 is 2.83 bits per heavy atom. The zero-order valence-electron chi connectivity index (χ0n) is 10.7. The van der Waals surface area contributed by atoms with E-state index in [1.54, 1.807) is 6.33 Å². The Bertz CT molecular complexity index is 418. The second-order valence-electron chi connectivity index (χ2n) is 5.30. The van der Waals surface area contributed by atoms with E-state index in [9.17, 15) is 0 Å². The SMILES string of the molecule is ClCCCN(c1ncnc2c1CCC2)C1CCC1. The van der Waals surface area contributed by atoms with E-state index in [1.807, 2.05) is 0 Å². The Kier molecular flexibility index (Phi) is 3.69. The van der Waals surface area contributed by atoms with Gasteiger partial charge in [-0.1, -0.05) is 0 Å². The number of hydrogen-bond donors (Lipinski definition) is 0. The molecule has 0 amide bonds. The monoisotopic (exact) mass is 265 g/mol. The van der Waals surface area contributed by atoms with Gasteiger partial charge in [-0.3, -0.25) is 0 Å². The second-order valence-corrected chi connectivity index (χ2v) is 5.67. The molecule has 98 valence electrons. The summed E-state index contributed by atoms with van der Waals surface area (Å²) in [6, 6.07) is 0.688. The first-order valence-electron chi connectivity index (χ1n) is 7.05. The van der Waals surface area contributed by atoms with Crippen LogP contribution in [0.25, 0.3) is 0 Å². The minimum atomic E-state index is 0.688. The molecule has 1 aromatic heterocycles. The van der Waals surface area contributed by atoms with Gasteiger partial charge in [-0.2, -0.15) is 0 Å². The van der Waals surface area contributed by atoms with Crippen molar-refractivity contribution in [2.75, 3.05) is 17.3 Å². The lowest BCUT2D eigenvalue weighted by molar-refractivity contribution is 0.383. The van der Waals surface area contributed by atoms with Crippen LogP contribution in [0.5, 0.6) is 0 Å². The maximum Gasteiger partial charge on any atom is 0.135 e. The number of halogens is 1. The lowest BCUT2D eigenvalue weighted by Gasteiger charge is -2.39. The molecule has 1 saturated carbocycles. The fraction of sp³-hybridized carbons (Fsp3) is 0.714. The second kappa shape index (κ2) is 5.43.